The maximum absolute atomic E-state index is 10.4. The van der Waals surface area contributed by atoms with Crippen molar-refractivity contribution in [3.05, 3.63) is 0 Å². The molecule has 0 amide bonds. The lowest BCUT2D eigenvalue weighted by Gasteiger charge is -2.46. The van der Waals surface area contributed by atoms with Crippen LogP contribution in [0.15, 0.2) is 0 Å². The lowest BCUT2D eigenvalue weighted by molar-refractivity contribution is -0.000283. The molecule has 0 aliphatic heterocycles. The van der Waals surface area contributed by atoms with E-state index in [2.05, 4.69) is 20.0 Å². The molecule has 0 aromatic heterocycles. The molecule has 2 heteroatoms. The van der Waals surface area contributed by atoms with Crippen LogP contribution in [0.2, 0.25) is 24.7 Å². The van der Waals surface area contributed by atoms with E-state index in [1.165, 1.54) is 44.6 Å². The minimum Gasteiger partial charge on any atom is -0.390 e. The van der Waals surface area contributed by atoms with Crippen molar-refractivity contribution in [1.82, 2.24) is 0 Å². The Hall–Kier alpha value is 0.177. The second kappa shape index (κ2) is 5.88. The summed E-state index contributed by atoms with van der Waals surface area (Å²) in [7, 11) is -1.16. The standard InChI is InChI=1S/C15H32OSi/c1-6-7-12-17(4,5)14-11-9-8-10-13(14)15(2,3)16/h13-14,16H,6-12H2,1-5H3/t13-,14-/m1/s1. The van der Waals surface area contributed by atoms with Crippen LogP contribution in [0.3, 0.4) is 0 Å². The Labute approximate surface area is 109 Å². The highest BCUT2D eigenvalue weighted by molar-refractivity contribution is 6.78. The smallest absolute Gasteiger partial charge is 0.0619 e. The summed E-state index contributed by atoms with van der Waals surface area (Å²) in [6.45, 7) is 11.5. The first-order chi connectivity index (χ1) is 7.79. The number of hydrogen-bond acceptors (Lipinski definition) is 1. The Morgan fingerprint density at radius 1 is 1.18 bits per heavy atom. The minimum atomic E-state index is -1.16. The van der Waals surface area contributed by atoms with Crippen LogP contribution in [-0.4, -0.2) is 18.8 Å². The summed E-state index contributed by atoms with van der Waals surface area (Å²) in [6, 6.07) is 1.45. The molecule has 0 unspecified atom stereocenters. The van der Waals surface area contributed by atoms with Crippen LogP contribution >= 0.6 is 0 Å². The second-order valence-electron chi connectivity index (χ2n) is 7.24. The Morgan fingerprint density at radius 2 is 1.76 bits per heavy atom. The Bertz CT molecular complexity index is 230. The van der Waals surface area contributed by atoms with Gasteiger partial charge in [0.2, 0.25) is 0 Å². The van der Waals surface area contributed by atoms with Gasteiger partial charge in [-0.2, -0.15) is 0 Å². The molecule has 102 valence electrons. The fourth-order valence-corrected chi connectivity index (χ4v) is 8.01. The van der Waals surface area contributed by atoms with Crippen molar-refractivity contribution in [2.24, 2.45) is 5.92 Å². The van der Waals surface area contributed by atoms with Crippen molar-refractivity contribution in [3.8, 4) is 0 Å². The highest BCUT2D eigenvalue weighted by Crippen LogP contribution is 2.48. The number of aliphatic hydroxyl groups is 1. The maximum atomic E-state index is 10.4. The van der Waals surface area contributed by atoms with E-state index in [1.807, 2.05) is 13.8 Å². The summed E-state index contributed by atoms with van der Waals surface area (Å²) >= 11 is 0. The second-order valence-corrected chi connectivity index (χ2v) is 12.5. The SMILES string of the molecule is CCCC[Si](C)(C)[C@@H]1CCCC[C@H]1C(C)(C)O. The molecule has 0 spiro atoms. The van der Waals surface area contributed by atoms with Crippen molar-refractivity contribution in [1.29, 1.82) is 0 Å². The number of hydrogen-bond donors (Lipinski definition) is 1. The van der Waals surface area contributed by atoms with Gasteiger partial charge in [-0.25, -0.2) is 0 Å². The van der Waals surface area contributed by atoms with Crippen molar-refractivity contribution < 1.29 is 5.11 Å². The van der Waals surface area contributed by atoms with E-state index in [-0.39, 0.29) is 0 Å². The van der Waals surface area contributed by atoms with E-state index in [4.69, 9.17) is 0 Å². The third-order valence-corrected chi connectivity index (χ3v) is 9.19. The average molecular weight is 257 g/mol. The fourth-order valence-electron chi connectivity index (χ4n) is 3.73. The van der Waals surface area contributed by atoms with Gasteiger partial charge in [-0.15, -0.1) is 0 Å². The van der Waals surface area contributed by atoms with Gasteiger partial charge in [-0.3, -0.25) is 0 Å². The quantitative estimate of drug-likeness (QED) is 0.699. The predicted molar refractivity (Wildman–Crippen MR) is 79.2 cm³/mol. The van der Waals surface area contributed by atoms with Crippen LogP contribution in [0.1, 0.15) is 59.3 Å². The summed E-state index contributed by atoms with van der Waals surface area (Å²) in [4.78, 5) is 0. The summed E-state index contributed by atoms with van der Waals surface area (Å²) < 4.78 is 0. The van der Waals surface area contributed by atoms with Crippen LogP contribution in [0, 0.1) is 5.92 Å². The van der Waals surface area contributed by atoms with Gasteiger partial charge in [0.1, 0.15) is 0 Å². The van der Waals surface area contributed by atoms with Gasteiger partial charge < -0.3 is 5.11 Å². The largest absolute Gasteiger partial charge is 0.390 e. The van der Waals surface area contributed by atoms with E-state index in [9.17, 15) is 5.11 Å². The van der Waals surface area contributed by atoms with E-state index >= 15 is 0 Å². The summed E-state index contributed by atoms with van der Waals surface area (Å²) in [5.41, 5.74) is 0.365. The molecule has 0 heterocycles. The van der Waals surface area contributed by atoms with E-state index in [0.717, 1.165) is 5.54 Å². The van der Waals surface area contributed by atoms with Gasteiger partial charge in [-0.05, 0) is 31.7 Å². The highest BCUT2D eigenvalue weighted by atomic mass is 28.3. The zero-order chi connectivity index (χ0) is 13.1. The molecular weight excluding hydrogens is 224 g/mol. The molecule has 17 heavy (non-hydrogen) atoms. The number of unbranched alkanes of at least 4 members (excludes halogenated alkanes) is 1. The first-order valence-corrected chi connectivity index (χ1v) is 10.8. The van der Waals surface area contributed by atoms with E-state index in [0.29, 0.717) is 5.92 Å². The molecule has 0 aromatic carbocycles. The predicted octanol–water partition coefficient (Wildman–Crippen LogP) is 4.83. The Morgan fingerprint density at radius 3 is 2.29 bits per heavy atom. The topological polar surface area (TPSA) is 20.2 Å². The molecule has 1 nitrogen and oxygen atoms in total. The van der Waals surface area contributed by atoms with Crippen molar-refractivity contribution in [3.63, 3.8) is 0 Å². The molecular formula is C15H32OSi. The van der Waals surface area contributed by atoms with Crippen LogP contribution < -0.4 is 0 Å². The monoisotopic (exact) mass is 256 g/mol. The molecule has 1 fully saturated rings. The fraction of sp³-hybridized carbons (Fsp3) is 1.00. The lowest BCUT2D eigenvalue weighted by atomic mass is 9.78. The molecule has 1 aliphatic rings. The van der Waals surface area contributed by atoms with Crippen LogP contribution in [0.4, 0.5) is 0 Å². The van der Waals surface area contributed by atoms with Crippen molar-refractivity contribution in [2.75, 3.05) is 0 Å². The molecule has 0 radical (unpaired) electrons. The lowest BCUT2D eigenvalue weighted by Crippen LogP contribution is -2.46. The van der Waals surface area contributed by atoms with Crippen molar-refractivity contribution in [2.45, 2.75) is 89.6 Å². The minimum absolute atomic E-state index is 0.471. The Kier molecular flexibility index (Phi) is 5.27. The normalized spacial score (nSPS) is 27.2. The molecule has 0 bridgehead atoms. The molecule has 0 aromatic rings. The average Bonchev–Trinajstić information content (AvgIpc) is 2.25. The van der Waals surface area contributed by atoms with Crippen LogP contribution in [0.5, 0.6) is 0 Å². The zero-order valence-electron chi connectivity index (χ0n) is 12.6. The van der Waals surface area contributed by atoms with Crippen LogP contribution in [0.25, 0.3) is 0 Å². The maximum Gasteiger partial charge on any atom is 0.0619 e. The first-order valence-electron chi connectivity index (χ1n) is 7.51. The molecule has 1 N–H and O–H groups in total. The molecule has 1 aliphatic carbocycles. The molecule has 0 saturated heterocycles. The molecule has 1 rings (SSSR count). The summed E-state index contributed by atoms with van der Waals surface area (Å²) in [6.07, 6.45) is 8.03. The van der Waals surface area contributed by atoms with Crippen LogP contribution in [-0.2, 0) is 0 Å². The van der Waals surface area contributed by atoms with Gasteiger partial charge in [0.15, 0.2) is 0 Å². The first kappa shape index (κ1) is 15.2. The van der Waals surface area contributed by atoms with Gasteiger partial charge >= 0.3 is 0 Å². The van der Waals surface area contributed by atoms with Gasteiger partial charge in [-0.1, -0.05) is 58.2 Å². The molecule has 2 atom stereocenters. The van der Waals surface area contributed by atoms with E-state index in [1.54, 1.807) is 0 Å². The summed E-state index contributed by atoms with van der Waals surface area (Å²) in [5, 5.41) is 10.4. The number of rotatable bonds is 5. The highest BCUT2D eigenvalue weighted by Gasteiger charge is 2.43. The molecule has 1 saturated carbocycles. The van der Waals surface area contributed by atoms with Gasteiger partial charge in [0.25, 0.3) is 0 Å². The van der Waals surface area contributed by atoms with Gasteiger partial charge in [0, 0.05) is 0 Å². The third-order valence-electron chi connectivity index (χ3n) is 4.85. The van der Waals surface area contributed by atoms with Crippen molar-refractivity contribution >= 4 is 8.07 Å². The summed E-state index contributed by atoms with van der Waals surface area (Å²) in [5.74, 6) is 0.551. The zero-order valence-corrected chi connectivity index (χ0v) is 13.6. The Balaban J connectivity index is 2.76. The van der Waals surface area contributed by atoms with Gasteiger partial charge in [0.05, 0.1) is 13.7 Å². The third kappa shape index (κ3) is 4.10. The van der Waals surface area contributed by atoms with E-state index < -0.39 is 13.7 Å².